The van der Waals surface area contributed by atoms with Gasteiger partial charge in [0.2, 0.25) is 11.7 Å². The summed E-state index contributed by atoms with van der Waals surface area (Å²) in [4.78, 5) is 21.6. The van der Waals surface area contributed by atoms with Crippen LogP contribution in [0.2, 0.25) is 0 Å². The molecule has 158 valence electrons. The molecule has 1 atom stereocenters. The summed E-state index contributed by atoms with van der Waals surface area (Å²) in [5.74, 6) is 1.33. The summed E-state index contributed by atoms with van der Waals surface area (Å²) in [6.07, 6.45) is 6.86. The van der Waals surface area contributed by atoms with Crippen LogP contribution in [-0.2, 0) is 11.3 Å². The first-order valence-corrected chi connectivity index (χ1v) is 10.3. The lowest BCUT2D eigenvalue weighted by atomic mass is 9.92. The maximum absolute atomic E-state index is 13.0. The van der Waals surface area contributed by atoms with Gasteiger partial charge in [0.25, 0.3) is 5.91 Å². The monoisotopic (exact) mass is 412 g/mol. The number of H-pyrrole nitrogens is 1. The Kier molecular flexibility index (Phi) is 5.33. The Hall–Kier alpha value is -2.98. The van der Waals surface area contributed by atoms with E-state index in [1.54, 1.807) is 24.8 Å². The van der Waals surface area contributed by atoms with Crippen LogP contribution in [0.1, 0.15) is 40.7 Å². The predicted molar refractivity (Wildman–Crippen MR) is 105 cm³/mol. The predicted octanol–water partition coefficient (Wildman–Crippen LogP) is 1.90. The Morgan fingerprint density at radius 2 is 2.17 bits per heavy atom. The van der Waals surface area contributed by atoms with Crippen molar-refractivity contribution in [2.45, 2.75) is 25.3 Å². The fraction of sp³-hybridized carbons (Fsp3) is 0.500. The zero-order chi connectivity index (χ0) is 20.3. The normalized spacial score (nSPS) is 20.5. The number of aromatic amines is 1. The van der Waals surface area contributed by atoms with Gasteiger partial charge < -0.3 is 18.6 Å². The van der Waals surface area contributed by atoms with Gasteiger partial charge in [0.05, 0.1) is 49.0 Å². The van der Waals surface area contributed by atoms with Crippen LogP contribution in [0.3, 0.4) is 0 Å². The molecule has 30 heavy (non-hydrogen) atoms. The molecule has 5 rings (SSSR count). The molecule has 2 aliphatic heterocycles. The van der Waals surface area contributed by atoms with Crippen LogP contribution in [0, 0.1) is 0 Å². The lowest BCUT2D eigenvalue weighted by Gasteiger charge is -2.32. The lowest BCUT2D eigenvalue weighted by Crippen LogP contribution is -2.41. The van der Waals surface area contributed by atoms with Crippen LogP contribution in [-0.4, -0.2) is 75.4 Å². The Morgan fingerprint density at radius 3 is 3.00 bits per heavy atom. The number of morpholine rings is 1. The smallest absolute Gasteiger partial charge is 0.257 e. The molecule has 2 saturated heterocycles. The zero-order valence-corrected chi connectivity index (χ0v) is 16.6. The second-order valence-corrected chi connectivity index (χ2v) is 7.70. The second-order valence-electron chi connectivity index (χ2n) is 7.70. The number of rotatable bonds is 5. The number of carbonyl (C=O) groups excluding carboxylic acids is 1. The van der Waals surface area contributed by atoms with E-state index in [-0.39, 0.29) is 11.8 Å². The Balaban J connectivity index is 1.26. The molecular formula is C20H24N6O4. The topological polar surface area (TPSA) is 114 Å². The number of piperidine rings is 1. The van der Waals surface area contributed by atoms with Gasteiger partial charge in [0, 0.05) is 25.6 Å². The van der Waals surface area contributed by atoms with E-state index >= 15 is 0 Å². The number of amides is 1. The molecular weight excluding hydrogens is 388 g/mol. The molecule has 0 radical (unpaired) electrons. The maximum atomic E-state index is 13.0. The summed E-state index contributed by atoms with van der Waals surface area (Å²) in [7, 11) is 0. The highest BCUT2D eigenvalue weighted by atomic mass is 16.5. The molecule has 0 aromatic carbocycles. The molecule has 5 heterocycles. The molecule has 0 aliphatic carbocycles. The van der Waals surface area contributed by atoms with Crippen molar-refractivity contribution < 1.29 is 18.5 Å². The minimum atomic E-state index is 0.0285. The standard InChI is InChI=1S/C20H24N6O4/c27-20(26-5-8-28-9-6-26)16-10-21-23-18(16)14-2-1-4-25(11-14)12-17-22-19(24-30-17)15-3-7-29-13-15/h3,7,10,13-14H,1-2,4-6,8-9,11-12H2,(H,21,23)/t14-/m1/s1. The van der Waals surface area contributed by atoms with Gasteiger partial charge in [-0.25, -0.2) is 0 Å². The van der Waals surface area contributed by atoms with E-state index in [2.05, 4.69) is 25.2 Å². The molecule has 2 aliphatic rings. The zero-order valence-electron chi connectivity index (χ0n) is 16.6. The molecule has 2 fully saturated rings. The summed E-state index contributed by atoms with van der Waals surface area (Å²) < 4.78 is 15.9. The van der Waals surface area contributed by atoms with Crippen molar-refractivity contribution in [3.8, 4) is 11.4 Å². The highest BCUT2D eigenvalue weighted by Crippen LogP contribution is 2.29. The molecule has 1 amide bonds. The quantitative estimate of drug-likeness (QED) is 0.676. The van der Waals surface area contributed by atoms with E-state index in [0.717, 1.165) is 37.2 Å². The molecule has 0 bridgehead atoms. The Bertz CT molecular complexity index is 975. The lowest BCUT2D eigenvalue weighted by molar-refractivity contribution is 0.0301. The molecule has 3 aromatic rings. The number of nitrogens with zero attached hydrogens (tertiary/aromatic N) is 5. The maximum Gasteiger partial charge on any atom is 0.257 e. The molecule has 0 unspecified atom stereocenters. The van der Waals surface area contributed by atoms with Gasteiger partial charge in [-0.05, 0) is 25.5 Å². The van der Waals surface area contributed by atoms with E-state index in [4.69, 9.17) is 13.7 Å². The number of aromatic nitrogens is 4. The average Bonchev–Trinajstić information content (AvgIpc) is 3.55. The summed E-state index contributed by atoms with van der Waals surface area (Å²) >= 11 is 0. The van der Waals surface area contributed by atoms with Crippen LogP contribution >= 0.6 is 0 Å². The Labute approximate surface area is 173 Å². The Morgan fingerprint density at radius 1 is 1.27 bits per heavy atom. The number of hydrogen-bond acceptors (Lipinski definition) is 8. The highest BCUT2D eigenvalue weighted by molar-refractivity contribution is 5.95. The molecule has 0 spiro atoms. The first kappa shape index (κ1) is 19.0. The fourth-order valence-electron chi connectivity index (χ4n) is 4.17. The third kappa shape index (κ3) is 3.88. The largest absolute Gasteiger partial charge is 0.472 e. The summed E-state index contributed by atoms with van der Waals surface area (Å²) in [5, 5.41) is 11.3. The van der Waals surface area contributed by atoms with Crippen LogP contribution < -0.4 is 0 Å². The minimum absolute atomic E-state index is 0.0285. The van der Waals surface area contributed by atoms with Crippen molar-refractivity contribution >= 4 is 5.91 Å². The van der Waals surface area contributed by atoms with E-state index in [9.17, 15) is 4.79 Å². The van der Waals surface area contributed by atoms with Gasteiger partial charge in [0.15, 0.2) is 0 Å². The third-order valence-electron chi connectivity index (χ3n) is 5.72. The fourth-order valence-corrected chi connectivity index (χ4v) is 4.17. The minimum Gasteiger partial charge on any atom is -0.472 e. The van der Waals surface area contributed by atoms with Crippen molar-refractivity contribution in [1.82, 2.24) is 30.1 Å². The van der Waals surface area contributed by atoms with Crippen molar-refractivity contribution in [3.05, 3.63) is 41.9 Å². The van der Waals surface area contributed by atoms with Gasteiger partial charge in [-0.1, -0.05) is 5.16 Å². The van der Waals surface area contributed by atoms with Crippen LogP contribution in [0.25, 0.3) is 11.4 Å². The second kappa shape index (κ2) is 8.41. The van der Waals surface area contributed by atoms with Crippen LogP contribution in [0.4, 0.5) is 0 Å². The van der Waals surface area contributed by atoms with Crippen LogP contribution in [0.15, 0.2) is 33.7 Å². The summed E-state index contributed by atoms with van der Waals surface area (Å²) in [6.45, 7) is 4.73. The molecule has 3 aromatic heterocycles. The number of likely N-dealkylation sites (tertiary alicyclic amines) is 1. The molecule has 0 saturated carbocycles. The third-order valence-corrected chi connectivity index (χ3v) is 5.72. The SMILES string of the molecule is O=C(c1cn[nH]c1[C@@H]1CCCN(Cc2nc(-c3ccoc3)no2)C1)N1CCOCC1. The van der Waals surface area contributed by atoms with E-state index < -0.39 is 0 Å². The van der Waals surface area contributed by atoms with Crippen molar-refractivity contribution in [1.29, 1.82) is 0 Å². The number of hydrogen-bond donors (Lipinski definition) is 1. The highest BCUT2D eigenvalue weighted by Gasteiger charge is 2.30. The number of furan rings is 1. The van der Waals surface area contributed by atoms with E-state index in [1.165, 1.54) is 0 Å². The van der Waals surface area contributed by atoms with E-state index in [0.29, 0.717) is 50.1 Å². The molecule has 1 N–H and O–H groups in total. The van der Waals surface area contributed by atoms with Gasteiger partial charge in [-0.2, -0.15) is 10.1 Å². The van der Waals surface area contributed by atoms with Crippen molar-refractivity contribution in [2.24, 2.45) is 0 Å². The van der Waals surface area contributed by atoms with Gasteiger partial charge in [0.1, 0.15) is 6.26 Å². The number of nitrogens with one attached hydrogen (secondary N) is 1. The first-order chi connectivity index (χ1) is 14.8. The average molecular weight is 412 g/mol. The summed E-state index contributed by atoms with van der Waals surface area (Å²) in [5.41, 5.74) is 2.38. The molecule has 10 heteroatoms. The van der Waals surface area contributed by atoms with Crippen molar-refractivity contribution in [3.63, 3.8) is 0 Å². The van der Waals surface area contributed by atoms with Gasteiger partial charge in [-0.3, -0.25) is 14.8 Å². The number of ether oxygens (including phenoxy) is 1. The summed E-state index contributed by atoms with van der Waals surface area (Å²) in [6, 6.07) is 1.80. The van der Waals surface area contributed by atoms with Gasteiger partial charge >= 0.3 is 0 Å². The van der Waals surface area contributed by atoms with Crippen molar-refractivity contribution in [2.75, 3.05) is 39.4 Å². The number of carbonyl (C=O) groups is 1. The van der Waals surface area contributed by atoms with Gasteiger partial charge in [-0.15, -0.1) is 0 Å². The van der Waals surface area contributed by atoms with Crippen LogP contribution in [0.5, 0.6) is 0 Å². The van der Waals surface area contributed by atoms with E-state index in [1.807, 2.05) is 4.90 Å². The molecule has 10 nitrogen and oxygen atoms in total. The first-order valence-electron chi connectivity index (χ1n) is 10.3.